The van der Waals surface area contributed by atoms with Gasteiger partial charge in [0, 0.05) is 43.4 Å². The summed E-state index contributed by atoms with van der Waals surface area (Å²) in [6, 6.07) is 11.4. The Hall–Kier alpha value is -0.873. The Morgan fingerprint density at radius 2 is 1.81 bits per heavy atom. The quantitative estimate of drug-likeness (QED) is 0.0992. The molecule has 0 aliphatic rings. The number of nitrogens with zero attached hydrogens (tertiary/aromatic N) is 4. The van der Waals surface area contributed by atoms with Crippen molar-refractivity contribution >= 4 is 70.7 Å². The van der Waals surface area contributed by atoms with Gasteiger partial charge in [-0.2, -0.15) is 0 Å². The highest BCUT2D eigenvalue weighted by molar-refractivity contribution is 14.1. The monoisotopic (exact) mass is 604 g/mol. The van der Waals surface area contributed by atoms with E-state index in [4.69, 9.17) is 32.9 Å². The van der Waals surface area contributed by atoms with E-state index >= 15 is 0 Å². The van der Waals surface area contributed by atoms with E-state index in [0.717, 1.165) is 41.2 Å². The largest absolute Gasteiger partial charge is 0.371 e. The molecule has 0 spiro atoms. The molecule has 32 heavy (non-hydrogen) atoms. The number of imidazole rings is 1. The second kappa shape index (κ2) is 11.5. The Bertz CT molecular complexity index is 1030. The Morgan fingerprint density at radius 1 is 1.09 bits per heavy atom. The molecule has 0 aliphatic heterocycles. The second-order valence-corrected chi connectivity index (χ2v) is 16.5. The molecule has 0 radical (unpaired) electrons. The van der Waals surface area contributed by atoms with Crippen molar-refractivity contribution in [1.82, 2.24) is 14.5 Å². The van der Waals surface area contributed by atoms with Crippen LogP contribution in [0.2, 0.25) is 36.0 Å². The van der Waals surface area contributed by atoms with Gasteiger partial charge in [0.15, 0.2) is 5.65 Å². The van der Waals surface area contributed by atoms with Gasteiger partial charge in [-0.25, -0.2) is 9.97 Å². The van der Waals surface area contributed by atoms with Crippen molar-refractivity contribution in [1.29, 1.82) is 0 Å². The lowest BCUT2D eigenvalue weighted by Gasteiger charge is -2.23. The highest BCUT2D eigenvalue weighted by atomic mass is 127. The molecule has 0 amide bonds. The molecule has 5 nitrogen and oxygen atoms in total. The number of anilines is 1. The van der Waals surface area contributed by atoms with E-state index < -0.39 is 8.07 Å². The van der Waals surface area contributed by atoms with Crippen LogP contribution in [0.1, 0.15) is 13.3 Å². The molecule has 0 aliphatic carbocycles. The summed E-state index contributed by atoms with van der Waals surface area (Å²) in [5, 5.41) is 0.918. The van der Waals surface area contributed by atoms with Gasteiger partial charge in [0.05, 0.1) is 10.7 Å². The summed E-state index contributed by atoms with van der Waals surface area (Å²) in [7, 11) is -1.15. The fourth-order valence-electron chi connectivity index (χ4n) is 3.42. The molecular formula is C23H31Cl2IN4OSi. The maximum absolute atomic E-state index is 6.59. The van der Waals surface area contributed by atoms with Crippen LogP contribution < -0.4 is 4.90 Å². The van der Waals surface area contributed by atoms with Crippen LogP contribution in [0.25, 0.3) is 22.4 Å². The summed E-state index contributed by atoms with van der Waals surface area (Å²) in [6.07, 6.45) is 1.12. The van der Waals surface area contributed by atoms with E-state index in [2.05, 4.69) is 83.3 Å². The number of fused-ring (bicyclic) bond motifs is 1. The summed E-state index contributed by atoms with van der Waals surface area (Å²) in [4.78, 5) is 11.7. The van der Waals surface area contributed by atoms with Gasteiger partial charge in [0.2, 0.25) is 5.28 Å². The molecule has 2 heterocycles. The topological polar surface area (TPSA) is 43.2 Å². The second-order valence-electron chi connectivity index (χ2n) is 9.04. The van der Waals surface area contributed by atoms with E-state index in [1.54, 1.807) is 4.57 Å². The summed E-state index contributed by atoms with van der Waals surface area (Å²) in [5.74, 6) is 0. The third-order valence-corrected chi connectivity index (χ3v) is 7.96. The average molecular weight is 605 g/mol. The molecule has 3 aromatic rings. The van der Waals surface area contributed by atoms with Crippen LogP contribution in [-0.2, 0) is 11.5 Å². The molecule has 0 saturated heterocycles. The molecular weight excluding hydrogens is 574 g/mol. The lowest BCUT2D eigenvalue weighted by molar-refractivity contribution is 0.0897. The van der Waals surface area contributed by atoms with E-state index in [9.17, 15) is 0 Å². The van der Waals surface area contributed by atoms with Crippen molar-refractivity contribution in [3.8, 4) is 11.3 Å². The number of hydrogen-bond donors (Lipinski definition) is 0. The van der Waals surface area contributed by atoms with Crippen LogP contribution in [-0.4, -0.2) is 46.7 Å². The summed E-state index contributed by atoms with van der Waals surface area (Å²) in [5.41, 5.74) is 4.26. The van der Waals surface area contributed by atoms with Crippen molar-refractivity contribution in [2.45, 2.75) is 45.8 Å². The number of ether oxygens (including phenoxy) is 1. The van der Waals surface area contributed by atoms with Crippen LogP contribution in [0.5, 0.6) is 0 Å². The first kappa shape index (κ1) is 25.7. The van der Waals surface area contributed by atoms with Gasteiger partial charge in [-0.05, 0) is 42.3 Å². The lowest BCUT2D eigenvalue weighted by atomic mass is 10.1. The zero-order chi connectivity index (χ0) is 23.3. The first-order valence-corrected chi connectivity index (χ1v) is 16.9. The van der Waals surface area contributed by atoms with E-state index in [0.29, 0.717) is 34.8 Å². The zero-order valence-corrected chi connectivity index (χ0v) is 23.8. The smallest absolute Gasteiger partial charge is 0.206 e. The summed E-state index contributed by atoms with van der Waals surface area (Å²) >= 11 is 15.4. The molecule has 9 heteroatoms. The zero-order valence-electron chi connectivity index (χ0n) is 19.2. The minimum Gasteiger partial charge on any atom is -0.371 e. The fraction of sp³-hybridized carbons (Fsp3) is 0.478. The van der Waals surface area contributed by atoms with E-state index in [-0.39, 0.29) is 0 Å². The van der Waals surface area contributed by atoms with Crippen LogP contribution in [0, 0.1) is 0 Å². The predicted octanol–water partition coefficient (Wildman–Crippen LogP) is 7.37. The Morgan fingerprint density at radius 3 is 2.44 bits per heavy atom. The van der Waals surface area contributed by atoms with Crippen molar-refractivity contribution in [3.05, 3.63) is 40.6 Å². The number of aromatic nitrogens is 3. The predicted molar refractivity (Wildman–Crippen MR) is 148 cm³/mol. The number of benzene rings is 1. The average Bonchev–Trinajstić information content (AvgIpc) is 3.04. The molecule has 0 N–H and O–H groups in total. The molecule has 0 unspecified atom stereocenters. The Labute approximate surface area is 215 Å². The van der Waals surface area contributed by atoms with Crippen molar-refractivity contribution < 1.29 is 4.74 Å². The number of hydrogen-bond acceptors (Lipinski definition) is 4. The minimum absolute atomic E-state index is 0.328. The maximum Gasteiger partial charge on any atom is 0.206 e. The Kier molecular flexibility index (Phi) is 9.26. The van der Waals surface area contributed by atoms with Crippen molar-refractivity contribution in [2.75, 3.05) is 29.0 Å². The SMILES string of the molecule is CCCN(CCI)c1ccc(-c2nc3c(cc2Cl)nc(Cl)n3COCC[Si](C)(C)C)cc1. The Balaban J connectivity index is 1.86. The van der Waals surface area contributed by atoms with Crippen molar-refractivity contribution in [3.63, 3.8) is 0 Å². The number of alkyl halides is 1. The number of rotatable bonds is 11. The first-order valence-electron chi connectivity index (χ1n) is 10.9. The van der Waals surface area contributed by atoms with Gasteiger partial charge in [-0.15, -0.1) is 0 Å². The van der Waals surface area contributed by atoms with Gasteiger partial charge in [0.1, 0.15) is 12.2 Å². The highest BCUT2D eigenvalue weighted by Gasteiger charge is 2.17. The van der Waals surface area contributed by atoms with Gasteiger partial charge in [0.25, 0.3) is 0 Å². The molecule has 0 atom stereocenters. The van der Waals surface area contributed by atoms with Gasteiger partial charge in [-0.1, -0.05) is 72.9 Å². The first-order chi connectivity index (χ1) is 15.2. The molecule has 174 valence electrons. The molecule has 3 rings (SSSR count). The minimum atomic E-state index is -1.15. The van der Waals surface area contributed by atoms with Gasteiger partial charge < -0.3 is 9.64 Å². The number of pyridine rings is 1. The molecule has 1 aromatic carbocycles. The van der Waals surface area contributed by atoms with Crippen molar-refractivity contribution in [2.24, 2.45) is 0 Å². The third-order valence-electron chi connectivity index (χ3n) is 5.20. The van der Waals surface area contributed by atoms with Gasteiger partial charge >= 0.3 is 0 Å². The van der Waals surface area contributed by atoms with Gasteiger partial charge in [-0.3, -0.25) is 4.57 Å². The summed E-state index contributed by atoms with van der Waals surface area (Å²) in [6.45, 7) is 12.3. The maximum atomic E-state index is 6.59. The third kappa shape index (κ3) is 6.59. The van der Waals surface area contributed by atoms with Crippen LogP contribution in [0.3, 0.4) is 0 Å². The van der Waals surface area contributed by atoms with E-state index in [1.807, 2.05) is 6.07 Å². The highest BCUT2D eigenvalue weighted by Crippen LogP contribution is 2.31. The lowest BCUT2D eigenvalue weighted by Crippen LogP contribution is -2.25. The van der Waals surface area contributed by atoms with Crippen LogP contribution in [0.15, 0.2) is 30.3 Å². The van der Waals surface area contributed by atoms with Crippen LogP contribution >= 0.6 is 45.8 Å². The molecule has 0 bridgehead atoms. The fourth-order valence-corrected chi connectivity index (χ4v) is 5.23. The number of halogens is 3. The van der Waals surface area contributed by atoms with E-state index in [1.165, 1.54) is 5.69 Å². The molecule has 0 fully saturated rings. The molecule has 2 aromatic heterocycles. The summed E-state index contributed by atoms with van der Waals surface area (Å²) < 4.78 is 8.80. The normalized spacial score (nSPS) is 12.0. The standard InChI is InChI=1S/C23H31Cl2IN4OSi/c1-5-11-29(12-10-26)18-8-6-17(7-9-18)21-19(24)15-20-22(28-21)30(23(25)27-20)16-31-13-14-32(2,3)4/h6-9,15H,5,10-14,16H2,1-4H3. The van der Waals surface area contributed by atoms with Crippen LogP contribution in [0.4, 0.5) is 5.69 Å². The molecule has 0 saturated carbocycles.